The molecule has 0 heterocycles. The van der Waals surface area contributed by atoms with E-state index in [9.17, 15) is 20.1 Å². The highest BCUT2D eigenvalue weighted by molar-refractivity contribution is 5.64. The number of carbonyl (C=O) groups excluding carboxylic acids is 1. The van der Waals surface area contributed by atoms with Crippen LogP contribution in [0.15, 0.2) is 23.8 Å². The third kappa shape index (κ3) is 4.68. The molecule has 0 bridgehead atoms. The van der Waals surface area contributed by atoms with Crippen LogP contribution < -0.4 is 5.11 Å². The Morgan fingerprint density at radius 1 is 1.41 bits per heavy atom. The average molecular weight is 307 g/mol. The molecule has 2 N–H and O–H groups in total. The highest BCUT2D eigenvalue weighted by atomic mass is 16.4. The van der Waals surface area contributed by atoms with Gasteiger partial charge in [-0.25, -0.2) is 0 Å². The molecule has 5 atom stereocenters. The largest absolute Gasteiger partial charge is 0.550 e. The molecular formula is C18H27O4-. The van der Waals surface area contributed by atoms with Gasteiger partial charge < -0.3 is 20.1 Å². The molecule has 0 radical (unpaired) electrons. The molecule has 0 saturated heterocycles. The molecule has 22 heavy (non-hydrogen) atoms. The maximum atomic E-state index is 10.4. The van der Waals surface area contributed by atoms with Gasteiger partial charge in [0.05, 0.1) is 12.2 Å². The van der Waals surface area contributed by atoms with Crippen LogP contribution in [0.4, 0.5) is 0 Å². The lowest BCUT2D eigenvalue weighted by molar-refractivity contribution is -0.307. The molecule has 0 unspecified atom stereocenters. The Labute approximate surface area is 132 Å². The van der Waals surface area contributed by atoms with Gasteiger partial charge in [0, 0.05) is 12.4 Å². The lowest BCUT2D eigenvalue weighted by Gasteiger charge is -2.37. The molecule has 0 aliphatic heterocycles. The fraction of sp³-hybridized carbons (Fsp3) is 0.722. The zero-order valence-electron chi connectivity index (χ0n) is 13.3. The number of carboxylic acid groups (broad SMARTS) is 1. The molecule has 2 aliphatic carbocycles. The topological polar surface area (TPSA) is 80.6 Å². The van der Waals surface area contributed by atoms with Crippen LogP contribution in [-0.2, 0) is 4.79 Å². The van der Waals surface area contributed by atoms with Crippen molar-refractivity contribution in [3.05, 3.63) is 23.8 Å². The molecule has 4 nitrogen and oxygen atoms in total. The normalized spacial score (nSPS) is 30.3. The van der Waals surface area contributed by atoms with Crippen molar-refractivity contribution in [3.8, 4) is 0 Å². The summed E-state index contributed by atoms with van der Waals surface area (Å²) in [6, 6.07) is 0. The fourth-order valence-electron chi connectivity index (χ4n) is 3.91. The number of hydrogen-bond acceptors (Lipinski definition) is 4. The summed E-state index contributed by atoms with van der Waals surface area (Å²) >= 11 is 0. The molecular weight excluding hydrogens is 280 g/mol. The Kier molecular flexibility index (Phi) is 6.21. The van der Waals surface area contributed by atoms with Gasteiger partial charge in [-0.3, -0.25) is 0 Å². The van der Waals surface area contributed by atoms with E-state index in [1.54, 1.807) is 0 Å². The first-order valence-electron chi connectivity index (χ1n) is 8.41. The smallest absolute Gasteiger partial charge is 0.0616 e. The van der Waals surface area contributed by atoms with Crippen LogP contribution in [-0.4, -0.2) is 28.4 Å². The zero-order valence-corrected chi connectivity index (χ0v) is 13.3. The van der Waals surface area contributed by atoms with Gasteiger partial charge in [0.15, 0.2) is 0 Å². The molecule has 0 saturated carbocycles. The maximum Gasteiger partial charge on any atom is 0.0616 e. The maximum absolute atomic E-state index is 10.4. The van der Waals surface area contributed by atoms with Gasteiger partial charge in [0.1, 0.15) is 0 Å². The molecule has 0 spiro atoms. The predicted octanol–water partition coefficient (Wildman–Crippen LogP) is 1.57. The van der Waals surface area contributed by atoms with Gasteiger partial charge in [-0.15, -0.1) is 0 Å². The van der Waals surface area contributed by atoms with Crippen molar-refractivity contribution in [2.75, 3.05) is 0 Å². The number of aliphatic carboxylic acids is 1. The van der Waals surface area contributed by atoms with Gasteiger partial charge >= 0.3 is 0 Å². The SMILES string of the molecule is C[C@H]1C=CC2=CCCC[C@@H]2[C@H]1CC[C@@H](O)C[C@@H](O)CC(=O)[O-]. The lowest BCUT2D eigenvalue weighted by Crippen LogP contribution is -2.31. The summed E-state index contributed by atoms with van der Waals surface area (Å²) in [7, 11) is 0. The monoisotopic (exact) mass is 307 g/mol. The van der Waals surface area contributed by atoms with E-state index in [0.717, 1.165) is 12.8 Å². The van der Waals surface area contributed by atoms with Gasteiger partial charge in [-0.2, -0.15) is 0 Å². The van der Waals surface area contributed by atoms with Crippen LogP contribution in [0.1, 0.15) is 51.9 Å². The van der Waals surface area contributed by atoms with E-state index in [0.29, 0.717) is 24.2 Å². The molecule has 0 aromatic heterocycles. The summed E-state index contributed by atoms with van der Waals surface area (Å²) in [5.41, 5.74) is 1.45. The summed E-state index contributed by atoms with van der Waals surface area (Å²) in [5.74, 6) is 0.349. The molecule has 0 amide bonds. The van der Waals surface area contributed by atoms with Crippen molar-refractivity contribution in [1.82, 2.24) is 0 Å². The summed E-state index contributed by atoms with van der Waals surface area (Å²) < 4.78 is 0. The van der Waals surface area contributed by atoms with E-state index < -0.39 is 24.6 Å². The Morgan fingerprint density at radius 3 is 2.91 bits per heavy atom. The van der Waals surface area contributed by atoms with Crippen molar-refractivity contribution in [1.29, 1.82) is 0 Å². The number of aliphatic hydroxyl groups excluding tert-OH is 2. The second-order valence-corrected chi connectivity index (χ2v) is 6.82. The fourth-order valence-corrected chi connectivity index (χ4v) is 3.91. The molecule has 0 aromatic carbocycles. The number of allylic oxidation sites excluding steroid dienone is 4. The third-order valence-corrected chi connectivity index (χ3v) is 5.09. The van der Waals surface area contributed by atoms with E-state index in [4.69, 9.17) is 0 Å². The standard InChI is InChI=1S/C18H28O4/c1-12-6-7-13-4-2-3-5-17(13)16(12)9-8-14(19)10-15(20)11-18(21)22/h4,6-7,12,14-17,19-20H,2-3,5,8-11H2,1H3,(H,21,22)/p-1/t12-,14+,15+,16-,17-/m0/s1. The van der Waals surface area contributed by atoms with Crippen LogP contribution in [0.25, 0.3) is 0 Å². The van der Waals surface area contributed by atoms with Gasteiger partial charge in [0.2, 0.25) is 0 Å². The van der Waals surface area contributed by atoms with E-state index in [2.05, 4.69) is 25.2 Å². The highest BCUT2D eigenvalue weighted by Gasteiger charge is 2.32. The molecule has 0 fully saturated rings. The van der Waals surface area contributed by atoms with Crippen molar-refractivity contribution < 1.29 is 20.1 Å². The number of hydrogen-bond donors (Lipinski definition) is 2. The first-order chi connectivity index (χ1) is 10.5. The minimum atomic E-state index is -1.28. The Hall–Kier alpha value is -1.13. The molecule has 4 heteroatoms. The summed E-state index contributed by atoms with van der Waals surface area (Å²) in [5, 5.41) is 30.0. The minimum absolute atomic E-state index is 0.109. The van der Waals surface area contributed by atoms with E-state index in [1.807, 2.05) is 0 Å². The van der Waals surface area contributed by atoms with E-state index in [-0.39, 0.29) is 6.42 Å². The van der Waals surface area contributed by atoms with Crippen LogP contribution in [0.3, 0.4) is 0 Å². The highest BCUT2D eigenvalue weighted by Crippen LogP contribution is 2.42. The summed E-state index contributed by atoms with van der Waals surface area (Å²) in [6.45, 7) is 2.23. The lowest BCUT2D eigenvalue weighted by atomic mass is 9.68. The number of fused-ring (bicyclic) bond motifs is 1. The first-order valence-corrected chi connectivity index (χ1v) is 8.41. The first kappa shape index (κ1) is 17.2. The van der Waals surface area contributed by atoms with Crippen molar-refractivity contribution in [2.45, 2.75) is 64.1 Å². The second kappa shape index (κ2) is 7.93. The van der Waals surface area contributed by atoms with Crippen LogP contribution in [0.2, 0.25) is 0 Å². The average Bonchev–Trinajstić information content (AvgIpc) is 2.45. The minimum Gasteiger partial charge on any atom is -0.550 e. The van der Waals surface area contributed by atoms with Crippen molar-refractivity contribution >= 4 is 5.97 Å². The third-order valence-electron chi connectivity index (χ3n) is 5.09. The number of aliphatic hydroxyl groups is 2. The van der Waals surface area contributed by atoms with Crippen LogP contribution in [0, 0.1) is 17.8 Å². The number of rotatable bonds is 7. The molecule has 2 aliphatic rings. The Morgan fingerprint density at radius 2 is 2.18 bits per heavy atom. The van der Waals surface area contributed by atoms with Crippen molar-refractivity contribution in [2.24, 2.45) is 17.8 Å². The summed E-state index contributed by atoms with van der Waals surface area (Å²) in [6.07, 6.45) is 10.0. The summed E-state index contributed by atoms with van der Waals surface area (Å²) in [4.78, 5) is 10.4. The zero-order chi connectivity index (χ0) is 16.1. The van der Waals surface area contributed by atoms with Crippen molar-refractivity contribution in [3.63, 3.8) is 0 Å². The number of carbonyl (C=O) groups is 1. The van der Waals surface area contributed by atoms with E-state index in [1.165, 1.54) is 18.4 Å². The van der Waals surface area contributed by atoms with Gasteiger partial charge in [-0.1, -0.05) is 25.2 Å². The molecule has 0 aromatic rings. The van der Waals surface area contributed by atoms with Crippen LogP contribution in [0.5, 0.6) is 0 Å². The molecule has 124 valence electrons. The van der Waals surface area contributed by atoms with Gasteiger partial charge in [0.25, 0.3) is 0 Å². The van der Waals surface area contributed by atoms with Gasteiger partial charge in [-0.05, 0) is 61.9 Å². The predicted molar refractivity (Wildman–Crippen MR) is 82.7 cm³/mol. The molecule has 2 rings (SSSR count). The van der Waals surface area contributed by atoms with Crippen LogP contribution >= 0.6 is 0 Å². The number of carboxylic acids is 1. The quantitative estimate of drug-likeness (QED) is 0.748. The van der Waals surface area contributed by atoms with E-state index >= 15 is 0 Å². The Balaban J connectivity index is 1.84. The second-order valence-electron chi connectivity index (χ2n) is 6.82. The Bertz CT molecular complexity index is 440.